The molecule has 7 rings (SSSR count). The van der Waals surface area contributed by atoms with Gasteiger partial charge in [-0.25, -0.2) is 14.1 Å². The maximum absolute atomic E-state index is 13.4. The van der Waals surface area contributed by atoms with E-state index in [1.54, 1.807) is 23.0 Å². The molecule has 1 saturated carbocycles. The van der Waals surface area contributed by atoms with Gasteiger partial charge in [-0.05, 0) is 85.9 Å². The maximum Gasteiger partial charge on any atom is 0.264 e. The van der Waals surface area contributed by atoms with Gasteiger partial charge in [-0.2, -0.15) is 5.10 Å². The van der Waals surface area contributed by atoms with Crippen molar-refractivity contribution in [3.8, 4) is 5.69 Å². The quantitative estimate of drug-likeness (QED) is 0.332. The van der Waals surface area contributed by atoms with Crippen molar-refractivity contribution in [3.63, 3.8) is 0 Å². The van der Waals surface area contributed by atoms with Gasteiger partial charge in [-0.1, -0.05) is 31.4 Å². The second kappa shape index (κ2) is 11.5. The van der Waals surface area contributed by atoms with Gasteiger partial charge in [-0.3, -0.25) is 14.3 Å². The van der Waals surface area contributed by atoms with Crippen molar-refractivity contribution in [2.45, 2.75) is 76.5 Å². The fourth-order valence-corrected chi connectivity index (χ4v) is 7.55. The van der Waals surface area contributed by atoms with Crippen LogP contribution in [0.5, 0.6) is 0 Å². The first kappa shape index (κ1) is 28.2. The molecule has 0 atom stereocenters. The Kier molecular flexibility index (Phi) is 7.55. The normalized spacial score (nSPS) is 20.6. The van der Waals surface area contributed by atoms with E-state index < -0.39 is 5.60 Å². The van der Waals surface area contributed by atoms with Crippen LogP contribution in [0, 0.1) is 11.2 Å². The lowest BCUT2D eigenvalue weighted by Crippen LogP contribution is -2.47. The number of fused-ring (bicyclic) bond motifs is 1. The van der Waals surface area contributed by atoms with Crippen molar-refractivity contribution in [2.75, 3.05) is 31.1 Å². The zero-order valence-electron chi connectivity index (χ0n) is 24.8. The lowest BCUT2D eigenvalue weighted by molar-refractivity contribution is -0.0364. The number of anilines is 1. The van der Waals surface area contributed by atoms with Crippen LogP contribution < -0.4 is 10.5 Å². The van der Waals surface area contributed by atoms with Crippen LogP contribution in [0.2, 0.25) is 0 Å². The molecule has 3 fully saturated rings. The van der Waals surface area contributed by atoms with E-state index in [9.17, 15) is 14.3 Å². The van der Waals surface area contributed by atoms with E-state index in [0.717, 1.165) is 24.3 Å². The van der Waals surface area contributed by atoms with Gasteiger partial charge >= 0.3 is 0 Å². The van der Waals surface area contributed by atoms with E-state index in [1.807, 2.05) is 0 Å². The topological polar surface area (TPSA) is 79.4 Å². The number of nitrogens with zero attached hydrogens (tertiary/aromatic N) is 6. The molecular formula is C34H41FN6O2. The molecule has 2 saturated heterocycles. The van der Waals surface area contributed by atoms with Gasteiger partial charge < -0.3 is 10.0 Å². The zero-order chi connectivity index (χ0) is 29.4. The molecule has 1 spiro atoms. The second-order valence-electron chi connectivity index (χ2n) is 13.2. The molecule has 226 valence electrons. The molecule has 4 heterocycles. The number of aromatic nitrogens is 4. The SMILES string of the molecule is O=c1c2cnn(-c3ccc(N4CCC5(CCCCC5)CC4)cc3)c2ncn1CC1(O)CCN(Cc2ccc(F)cc2)CC1. The summed E-state index contributed by atoms with van der Waals surface area (Å²) in [6.07, 6.45) is 13.8. The summed E-state index contributed by atoms with van der Waals surface area (Å²) in [5, 5.41) is 16.3. The number of halogens is 1. The lowest BCUT2D eigenvalue weighted by atomic mass is 9.68. The molecule has 1 N–H and O–H groups in total. The first-order chi connectivity index (χ1) is 20.9. The molecule has 8 nitrogen and oxygen atoms in total. The van der Waals surface area contributed by atoms with Gasteiger partial charge in [0.1, 0.15) is 17.5 Å². The van der Waals surface area contributed by atoms with Crippen molar-refractivity contribution in [1.29, 1.82) is 0 Å². The van der Waals surface area contributed by atoms with Gasteiger partial charge in [0, 0.05) is 38.4 Å². The van der Waals surface area contributed by atoms with Gasteiger partial charge in [0.25, 0.3) is 5.56 Å². The van der Waals surface area contributed by atoms with Crippen LogP contribution in [0.4, 0.5) is 10.1 Å². The van der Waals surface area contributed by atoms with Gasteiger partial charge in [0.05, 0.1) is 24.0 Å². The summed E-state index contributed by atoms with van der Waals surface area (Å²) in [6, 6.07) is 15.0. The summed E-state index contributed by atoms with van der Waals surface area (Å²) in [6.45, 7) is 4.53. The highest BCUT2D eigenvalue weighted by molar-refractivity contribution is 5.75. The largest absolute Gasteiger partial charge is 0.388 e. The molecular weight excluding hydrogens is 543 g/mol. The van der Waals surface area contributed by atoms with Gasteiger partial charge in [0.2, 0.25) is 0 Å². The van der Waals surface area contributed by atoms with E-state index in [1.165, 1.54) is 73.7 Å². The van der Waals surface area contributed by atoms with E-state index in [0.29, 0.717) is 48.9 Å². The molecule has 0 amide bonds. The van der Waals surface area contributed by atoms with Crippen LogP contribution in [0.3, 0.4) is 0 Å². The number of hydrogen-bond donors (Lipinski definition) is 1. The highest BCUT2D eigenvalue weighted by Crippen LogP contribution is 2.45. The van der Waals surface area contributed by atoms with Crippen LogP contribution in [0.25, 0.3) is 16.7 Å². The van der Waals surface area contributed by atoms with Crippen molar-refractivity contribution in [3.05, 3.63) is 82.8 Å². The average molecular weight is 585 g/mol. The van der Waals surface area contributed by atoms with Crippen LogP contribution in [-0.2, 0) is 13.1 Å². The van der Waals surface area contributed by atoms with Gasteiger partial charge in [0.15, 0.2) is 5.65 Å². The number of hydrogen-bond acceptors (Lipinski definition) is 6. The smallest absolute Gasteiger partial charge is 0.264 e. The van der Waals surface area contributed by atoms with Crippen molar-refractivity contribution in [2.24, 2.45) is 5.41 Å². The Morgan fingerprint density at radius 1 is 0.814 bits per heavy atom. The summed E-state index contributed by atoms with van der Waals surface area (Å²) < 4.78 is 16.5. The zero-order valence-corrected chi connectivity index (χ0v) is 24.8. The first-order valence-corrected chi connectivity index (χ1v) is 15.9. The number of benzene rings is 2. The molecule has 0 bridgehead atoms. The van der Waals surface area contributed by atoms with Gasteiger partial charge in [-0.15, -0.1) is 0 Å². The summed E-state index contributed by atoms with van der Waals surface area (Å²) >= 11 is 0. The van der Waals surface area contributed by atoms with E-state index >= 15 is 0 Å². The number of aliphatic hydroxyl groups is 1. The molecule has 43 heavy (non-hydrogen) atoms. The minimum Gasteiger partial charge on any atom is -0.388 e. The minimum atomic E-state index is -0.991. The third-order valence-corrected chi connectivity index (χ3v) is 10.3. The Labute approximate surface area is 251 Å². The van der Waals surface area contributed by atoms with Crippen molar-refractivity contribution < 1.29 is 9.50 Å². The minimum absolute atomic E-state index is 0.191. The monoisotopic (exact) mass is 584 g/mol. The third kappa shape index (κ3) is 5.85. The molecule has 0 radical (unpaired) electrons. The predicted octanol–water partition coefficient (Wildman–Crippen LogP) is 5.30. The molecule has 1 aliphatic carbocycles. The van der Waals surface area contributed by atoms with Crippen LogP contribution in [0.1, 0.15) is 63.4 Å². The van der Waals surface area contributed by atoms with E-state index in [2.05, 4.69) is 44.1 Å². The Bertz CT molecular complexity index is 1610. The fourth-order valence-electron chi connectivity index (χ4n) is 7.55. The average Bonchev–Trinajstić information content (AvgIpc) is 3.47. The highest BCUT2D eigenvalue weighted by atomic mass is 19.1. The van der Waals surface area contributed by atoms with Crippen LogP contribution in [0.15, 0.2) is 65.8 Å². The fraction of sp³-hybridized carbons (Fsp3) is 0.500. The first-order valence-electron chi connectivity index (χ1n) is 15.9. The number of rotatable bonds is 6. The van der Waals surface area contributed by atoms with E-state index in [-0.39, 0.29) is 17.9 Å². The Balaban J connectivity index is 1.00. The summed E-state index contributed by atoms with van der Waals surface area (Å²) in [5.74, 6) is -0.240. The van der Waals surface area contributed by atoms with Crippen LogP contribution >= 0.6 is 0 Å². The Hall–Kier alpha value is -3.56. The number of piperidine rings is 2. The molecule has 3 aliphatic rings. The molecule has 2 aliphatic heterocycles. The molecule has 9 heteroatoms. The highest BCUT2D eigenvalue weighted by Gasteiger charge is 2.36. The molecule has 2 aromatic carbocycles. The second-order valence-corrected chi connectivity index (χ2v) is 13.2. The summed E-state index contributed by atoms with van der Waals surface area (Å²) in [4.78, 5) is 22.8. The third-order valence-electron chi connectivity index (χ3n) is 10.3. The van der Waals surface area contributed by atoms with Crippen LogP contribution in [-0.4, -0.2) is 61.1 Å². The maximum atomic E-state index is 13.4. The molecule has 2 aromatic heterocycles. The predicted molar refractivity (Wildman–Crippen MR) is 166 cm³/mol. The summed E-state index contributed by atoms with van der Waals surface area (Å²) in [5.41, 5.74) is 3.07. The van der Waals surface area contributed by atoms with Crippen molar-refractivity contribution in [1.82, 2.24) is 24.2 Å². The molecule has 4 aromatic rings. The Morgan fingerprint density at radius 3 is 2.19 bits per heavy atom. The van der Waals surface area contributed by atoms with Crippen molar-refractivity contribution >= 4 is 16.7 Å². The molecule has 0 unspecified atom stereocenters. The lowest BCUT2D eigenvalue weighted by Gasteiger charge is -2.45. The summed E-state index contributed by atoms with van der Waals surface area (Å²) in [7, 11) is 0. The van der Waals surface area contributed by atoms with E-state index in [4.69, 9.17) is 0 Å². The Morgan fingerprint density at radius 2 is 1.49 bits per heavy atom. The standard InChI is InChI=1S/C34H41FN6O2/c35-27-6-4-26(5-7-27)23-38-18-16-34(43,17-19-38)24-40-25-36-31-30(32(40)42)22-37-41(31)29-10-8-28(9-11-29)39-20-14-33(15-21-39)12-2-1-3-13-33/h4-11,22,25,43H,1-3,12-21,23-24H2. The number of likely N-dealkylation sites (tertiary alicyclic amines) is 1.